The van der Waals surface area contributed by atoms with Crippen LogP contribution in [0.4, 0.5) is 0 Å². The molecule has 0 saturated carbocycles. The summed E-state index contributed by atoms with van der Waals surface area (Å²) in [6.07, 6.45) is 3.58. The molecule has 1 aromatic heterocycles. The molecule has 3 heteroatoms. The summed E-state index contributed by atoms with van der Waals surface area (Å²) in [4.78, 5) is 17.6. The van der Waals surface area contributed by atoms with Gasteiger partial charge < -0.3 is 4.90 Å². The van der Waals surface area contributed by atoms with E-state index in [0.29, 0.717) is 12.3 Å². The summed E-state index contributed by atoms with van der Waals surface area (Å²) in [5, 5.41) is 0. The average molecular weight is 204 g/mol. The molecular formula is C12H16N2O. The first-order valence-corrected chi connectivity index (χ1v) is 5.33. The maximum absolute atomic E-state index is 11.6. The molecule has 3 nitrogen and oxygen atoms in total. The Kier molecular flexibility index (Phi) is 2.71. The van der Waals surface area contributed by atoms with E-state index in [0.717, 1.165) is 18.7 Å². The molecule has 1 aromatic rings. The molecule has 1 fully saturated rings. The first-order chi connectivity index (χ1) is 7.16. The lowest BCUT2D eigenvalue weighted by Gasteiger charge is -2.28. The van der Waals surface area contributed by atoms with Gasteiger partial charge in [-0.2, -0.15) is 0 Å². The number of amides is 1. The summed E-state index contributed by atoms with van der Waals surface area (Å²) in [6, 6.07) is 4.10. The van der Waals surface area contributed by atoms with Gasteiger partial charge in [0.05, 0.1) is 0 Å². The molecular weight excluding hydrogens is 188 g/mol. The van der Waals surface area contributed by atoms with Gasteiger partial charge in [-0.1, -0.05) is 6.07 Å². The first kappa shape index (κ1) is 10.1. The van der Waals surface area contributed by atoms with Crippen LogP contribution in [-0.4, -0.2) is 29.4 Å². The number of rotatable bonds is 1. The number of likely N-dealkylation sites (tertiary alicyclic amines) is 1. The third-order valence-electron chi connectivity index (χ3n) is 3.07. The highest BCUT2D eigenvalue weighted by Gasteiger charge is 2.24. The number of hydrogen-bond acceptors (Lipinski definition) is 2. The molecule has 15 heavy (non-hydrogen) atoms. The summed E-state index contributed by atoms with van der Waals surface area (Å²) in [7, 11) is 1.87. The van der Waals surface area contributed by atoms with E-state index >= 15 is 0 Å². The van der Waals surface area contributed by atoms with Crippen molar-refractivity contribution in [1.29, 1.82) is 0 Å². The molecule has 0 spiro atoms. The van der Waals surface area contributed by atoms with Gasteiger partial charge in [-0.25, -0.2) is 0 Å². The quantitative estimate of drug-likeness (QED) is 0.698. The van der Waals surface area contributed by atoms with Crippen LogP contribution in [0.1, 0.15) is 30.0 Å². The summed E-state index contributed by atoms with van der Waals surface area (Å²) in [5.41, 5.74) is 2.22. The Hall–Kier alpha value is -1.38. The molecule has 0 aromatic carbocycles. The number of aromatic nitrogens is 1. The fourth-order valence-corrected chi connectivity index (χ4v) is 1.95. The molecule has 2 rings (SSSR count). The molecule has 2 heterocycles. The Labute approximate surface area is 90.1 Å². The molecule has 1 atom stereocenters. The minimum Gasteiger partial charge on any atom is -0.346 e. The van der Waals surface area contributed by atoms with Gasteiger partial charge in [0, 0.05) is 31.9 Å². The molecule has 1 amide bonds. The van der Waals surface area contributed by atoms with Crippen molar-refractivity contribution >= 4 is 5.91 Å². The Bertz CT molecular complexity index is 358. The van der Waals surface area contributed by atoms with Crippen LogP contribution in [0, 0.1) is 6.92 Å². The zero-order valence-electron chi connectivity index (χ0n) is 9.23. The predicted octanol–water partition coefficient (Wildman–Crippen LogP) is 1.73. The van der Waals surface area contributed by atoms with Crippen LogP contribution in [0.2, 0.25) is 0 Å². The summed E-state index contributed by atoms with van der Waals surface area (Å²) < 4.78 is 0. The van der Waals surface area contributed by atoms with E-state index in [1.165, 1.54) is 5.56 Å². The van der Waals surface area contributed by atoms with Gasteiger partial charge in [0.15, 0.2) is 0 Å². The van der Waals surface area contributed by atoms with Crippen LogP contribution < -0.4 is 0 Å². The van der Waals surface area contributed by atoms with Gasteiger partial charge in [-0.05, 0) is 30.9 Å². The standard InChI is InChI=1S/C12H16N2O/c1-9-3-4-11(8-13-9)10-5-6-14(2)12(15)7-10/h3-4,8,10H,5-7H2,1-2H3. The molecule has 0 N–H and O–H groups in total. The minimum absolute atomic E-state index is 0.242. The van der Waals surface area contributed by atoms with Gasteiger partial charge in [0.2, 0.25) is 5.91 Å². The molecule has 1 aliphatic rings. The number of carbonyl (C=O) groups is 1. The lowest BCUT2D eigenvalue weighted by molar-refractivity contribution is -0.132. The van der Waals surface area contributed by atoms with Crippen molar-refractivity contribution in [2.24, 2.45) is 0 Å². The number of pyridine rings is 1. The third-order valence-corrected chi connectivity index (χ3v) is 3.07. The van der Waals surface area contributed by atoms with E-state index in [1.807, 2.05) is 26.2 Å². The van der Waals surface area contributed by atoms with Crippen LogP contribution in [0.25, 0.3) is 0 Å². The average Bonchev–Trinajstić information content (AvgIpc) is 2.23. The lowest BCUT2D eigenvalue weighted by atomic mass is 9.90. The first-order valence-electron chi connectivity index (χ1n) is 5.33. The van der Waals surface area contributed by atoms with E-state index in [1.54, 1.807) is 4.90 Å². The molecule has 1 aliphatic heterocycles. The maximum Gasteiger partial charge on any atom is 0.222 e. The highest BCUT2D eigenvalue weighted by atomic mass is 16.2. The molecule has 1 saturated heterocycles. The molecule has 80 valence electrons. The fraction of sp³-hybridized carbons (Fsp3) is 0.500. The second kappa shape index (κ2) is 4.01. The van der Waals surface area contributed by atoms with E-state index in [4.69, 9.17) is 0 Å². The van der Waals surface area contributed by atoms with Gasteiger partial charge in [0.25, 0.3) is 0 Å². The van der Waals surface area contributed by atoms with Crippen molar-refractivity contribution in [2.75, 3.05) is 13.6 Å². The topological polar surface area (TPSA) is 33.2 Å². The van der Waals surface area contributed by atoms with Crippen molar-refractivity contribution in [1.82, 2.24) is 9.88 Å². The number of hydrogen-bond donors (Lipinski definition) is 0. The van der Waals surface area contributed by atoms with Crippen LogP contribution in [0.15, 0.2) is 18.3 Å². The van der Waals surface area contributed by atoms with Gasteiger partial charge in [-0.15, -0.1) is 0 Å². The van der Waals surface area contributed by atoms with Crippen molar-refractivity contribution < 1.29 is 4.79 Å². The number of carbonyl (C=O) groups excluding carboxylic acids is 1. The van der Waals surface area contributed by atoms with Crippen molar-refractivity contribution in [3.8, 4) is 0 Å². The highest BCUT2D eigenvalue weighted by molar-refractivity contribution is 5.77. The monoisotopic (exact) mass is 204 g/mol. The van der Waals surface area contributed by atoms with Crippen LogP contribution in [0.5, 0.6) is 0 Å². The Morgan fingerprint density at radius 2 is 2.27 bits per heavy atom. The second-order valence-electron chi connectivity index (χ2n) is 4.24. The Morgan fingerprint density at radius 1 is 1.47 bits per heavy atom. The SMILES string of the molecule is Cc1ccc(C2CCN(C)C(=O)C2)cn1. The summed E-state index contributed by atoms with van der Waals surface area (Å²) in [6.45, 7) is 2.83. The summed E-state index contributed by atoms with van der Waals surface area (Å²) in [5.74, 6) is 0.605. The van der Waals surface area contributed by atoms with E-state index < -0.39 is 0 Å². The van der Waals surface area contributed by atoms with Crippen molar-refractivity contribution in [2.45, 2.75) is 25.7 Å². The van der Waals surface area contributed by atoms with Crippen LogP contribution in [-0.2, 0) is 4.79 Å². The van der Waals surface area contributed by atoms with Crippen molar-refractivity contribution in [3.05, 3.63) is 29.6 Å². The number of nitrogens with zero attached hydrogens (tertiary/aromatic N) is 2. The lowest BCUT2D eigenvalue weighted by Crippen LogP contribution is -2.34. The smallest absolute Gasteiger partial charge is 0.222 e. The molecule has 0 bridgehead atoms. The highest BCUT2D eigenvalue weighted by Crippen LogP contribution is 2.27. The minimum atomic E-state index is 0.242. The third kappa shape index (κ3) is 2.17. The van der Waals surface area contributed by atoms with Crippen LogP contribution in [0.3, 0.4) is 0 Å². The Balaban J connectivity index is 2.12. The van der Waals surface area contributed by atoms with Crippen LogP contribution >= 0.6 is 0 Å². The van der Waals surface area contributed by atoms with Gasteiger partial charge >= 0.3 is 0 Å². The molecule has 0 radical (unpaired) electrons. The molecule has 0 aliphatic carbocycles. The maximum atomic E-state index is 11.6. The number of aryl methyl sites for hydroxylation is 1. The fourth-order valence-electron chi connectivity index (χ4n) is 1.95. The van der Waals surface area contributed by atoms with Crippen molar-refractivity contribution in [3.63, 3.8) is 0 Å². The normalized spacial score (nSPS) is 21.9. The van der Waals surface area contributed by atoms with E-state index in [2.05, 4.69) is 11.1 Å². The molecule has 1 unspecified atom stereocenters. The zero-order chi connectivity index (χ0) is 10.8. The Morgan fingerprint density at radius 3 is 2.87 bits per heavy atom. The van der Waals surface area contributed by atoms with Gasteiger partial charge in [0.1, 0.15) is 0 Å². The second-order valence-corrected chi connectivity index (χ2v) is 4.24. The van der Waals surface area contributed by atoms with E-state index in [-0.39, 0.29) is 5.91 Å². The number of piperidine rings is 1. The van der Waals surface area contributed by atoms with E-state index in [9.17, 15) is 4.79 Å². The largest absolute Gasteiger partial charge is 0.346 e. The predicted molar refractivity (Wildman–Crippen MR) is 58.6 cm³/mol. The summed E-state index contributed by atoms with van der Waals surface area (Å²) >= 11 is 0. The zero-order valence-corrected chi connectivity index (χ0v) is 9.23. The van der Waals surface area contributed by atoms with Gasteiger partial charge in [-0.3, -0.25) is 9.78 Å².